The number of nitrogens with zero attached hydrogens (tertiary/aromatic N) is 1. The van der Waals surface area contributed by atoms with E-state index in [9.17, 15) is 19.2 Å². The molecule has 43 heavy (non-hydrogen) atoms. The molecule has 4 aromatic carbocycles. The predicted molar refractivity (Wildman–Crippen MR) is 168 cm³/mol. The summed E-state index contributed by atoms with van der Waals surface area (Å²) in [7, 11) is 0. The van der Waals surface area contributed by atoms with E-state index in [4.69, 9.17) is 0 Å². The van der Waals surface area contributed by atoms with E-state index in [2.05, 4.69) is 15.6 Å². The summed E-state index contributed by atoms with van der Waals surface area (Å²) in [4.78, 5) is 57.1. The second-order valence-corrected chi connectivity index (χ2v) is 11.0. The highest BCUT2D eigenvalue weighted by atomic mass is 32.2. The zero-order valence-electron chi connectivity index (χ0n) is 22.9. The van der Waals surface area contributed by atoms with Crippen molar-refractivity contribution in [3.63, 3.8) is 0 Å². The number of aromatic nitrogens is 1. The lowest BCUT2D eigenvalue weighted by Crippen LogP contribution is -2.31. The summed E-state index contributed by atoms with van der Waals surface area (Å²) >= 11 is 1.47. The van der Waals surface area contributed by atoms with E-state index < -0.39 is 11.8 Å². The van der Waals surface area contributed by atoms with Crippen LogP contribution in [-0.2, 0) is 4.79 Å². The van der Waals surface area contributed by atoms with Crippen LogP contribution in [0.15, 0.2) is 120 Å². The molecule has 0 saturated carbocycles. The molecule has 2 heterocycles. The largest absolute Gasteiger partial charge is 0.361 e. The second-order valence-electron chi connectivity index (χ2n) is 9.81. The maximum atomic E-state index is 13.5. The van der Waals surface area contributed by atoms with Crippen molar-refractivity contribution in [2.45, 2.75) is 4.90 Å². The molecule has 0 spiro atoms. The molecule has 212 valence electrons. The van der Waals surface area contributed by atoms with E-state index >= 15 is 0 Å². The summed E-state index contributed by atoms with van der Waals surface area (Å²) in [5, 5.41) is 6.58. The molecule has 0 radical (unpaired) electrons. The van der Waals surface area contributed by atoms with Gasteiger partial charge in [0.1, 0.15) is 5.70 Å². The highest BCUT2D eigenvalue weighted by molar-refractivity contribution is 7.99. The van der Waals surface area contributed by atoms with Gasteiger partial charge in [-0.05, 0) is 54.6 Å². The van der Waals surface area contributed by atoms with Crippen molar-refractivity contribution >= 4 is 58.1 Å². The standard InChI is InChI=1S/C34H26N4O4S/c39-31(22-9-2-1-3-10-22)37-30(19-23-21-35-29-16-7-6-13-26(23)29)32(40)36-24-11-8-12-25(20-24)43-18-17-38-33(41)27-14-4-5-15-28(27)34(38)42/h1-16,19-21,35H,17-18H2,(H,36,40)(H,37,39)/b30-19+. The van der Waals surface area contributed by atoms with Crippen LogP contribution in [0.25, 0.3) is 17.0 Å². The molecule has 5 aromatic rings. The minimum Gasteiger partial charge on any atom is -0.361 e. The van der Waals surface area contributed by atoms with Gasteiger partial charge in [0.2, 0.25) is 0 Å². The van der Waals surface area contributed by atoms with Crippen LogP contribution >= 0.6 is 11.8 Å². The number of benzene rings is 4. The lowest BCUT2D eigenvalue weighted by atomic mass is 10.1. The molecular weight excluding hydrogens is 560 g/mol. The number of hydrogen-bond donors (Lipinski definition) is 3. The SMILES string of the molecule is O=C(Nc1cccc(SCCN2C(=O)c3ccccc3C2=O)c1)/C(=C\c1c[nH]c2ccccc12)NC(=O)c1ccccc1. The van der Waals surface area contributed by atoms with Crippen LogP contribution in [0.5, 0.6) is 0 Å². The molecule has 0 unspecified atom stereocenters. The van der Waals surface area contributed by atoms with Crippen molar-refractivity contribution < 1.29 is 19.2 Å². The molecule has 0 bridgehead atoms. The molecule has 0 fully saturated rings. The highest BCUT2D eigenvalue weighted by Crippen LogP contribution is 2.26. The van der Waals surface area contributed by atoms with Gasteiger partial charge in [-0.1, -0.05) is 54.6 Å². The van der Waals surface area contributed by atoms with Crippen molar-refractivity contribution in [1.82, 2.24) is 15.2 Å². The summed E-state index contributed by atoms with van der Waals surface area (Å²) in [6, 6.07) is 30.5. The molecule has 9 heteroatoms. The first-order valence-electron chi connectivity index (χ1n) is 13.6. The van der Waals surface area contributed by atoms with Gasteiger partial charge in [-0.15, -0.1) is 11.8 Å². The number of aromatic amines is 1. The first kappa shape index (κ1) is 27.7. The number of carbonyl (C=O) groups excluding carboxylic acids is 4. The maximum absolute atomic E-state index is 13.5. The molecule has 0 atom stereocenters. The Hall–Kier alpha value is -5.41. The smallest absolute Gasteiger partial charge is 0.272 e. The van der Waals surface area contributed by atoms with E-state index in [1.165, 1.54) is 16.7 Å². The Balaban J connectivity index is 1.16. The van der Waals surface area contributed by atoms with E-state index in [-0.39, 0.29) is 24.1 Å². The number of hydrogen-bond acceptors (Lipinski definition) is 5. The molecule has 3 N–H and O–H groups in total. The van der Waals surface area contributed by atoms with Crippen molar-refractivity contribution in [1.29, 1.82) is 0 Å². The summed E-state index contributed by atoms with van der Waals surface area (Å²) in [5.41, 5.74) is 3.57. The minimum absolute atomic E-state index is 0.0855. The Kier molecular flexibility index (Phi) is 7.88. The Bertz CT molecular complexity index is 1860. The van der Waals surface area contributed by atoms with E-state index in [1.807, 2.05) is 48.5 Å². The quantitative estimate of drug-likeness (QED) is 0.112. The number of H-pyrrole nitrogens is 1. The lowest BCUT2D eigenvalue weighted by Gasteiger charge is -2.14. The molecule has 6 rings (SSSR count). The van der Waals surface area contributed by atoms with Gasteiger partial charge in [-0.2, -0.15) is 0 Å². The first-order chi connectivity index (χ1) is 21.0. The monoisotopic (exact) mass is 586 g/mol. The van der Waals surface area contributed by atoms with Crippen molar-refractivity contribution in [2.75, 3.05) is 17.6 Å². The van der Waals surface area contributed by atoms with Crippen molar-refractivity contribution in [3.05, 3.63) is 137 Å². The number of fused-ring (bicyclic) bond motifs is 2. The number of nitrogens with one attached hydrogen (secondary N) is 3. The zero-order chi connectivity index (χ0) is 29.8. The second kappa shape index (κ2) is 12.2. The van der Waals surface area contributed by atoms with Crippen molar-refractivity contribution in [2.24, 2.45) is 0 Å². The van der Waals surface area contributed by atoms with Gasteiger partial charge >= 0.3 is 0 Å². The lowest BCUT2D eigenvalue weighted by molar-refractivity contribution is -0.113. The average molecular weight is 587 g/mol. The highest BCUT2D eigenvalue weighted by Gasteiger charge is 2.34. The van der Waals surface area contributed by atoms with Crippen LogP contribution in [0, 0.1) is 0 Å². The predicted octanol–water partition coefficient (Wildman–Crippen LogP) is 5.97. The van der Waals surface area contributed by atoms with Crippen molar-refractivity contribution in [3.8, 4) is 0 Å². The maximum Gasteiger partial charge on any atom is 0.272 e. The van der Waals surface area contributed by atoms with E-state index in [0.717, 1.165) is 21.4 Å². The fraction of sp³-hybridized carbons (Fsp3) is 0.0588. The Morgan fingerprint density at radius 1 is 0.814 bits per heavy atom. The zero-order valence-corrected chi connectivity index (χ0v) is 23.7. The molecule has 1 aliphatic heterocycles. The Labute approximate surface area is 251 Å². The number of rotatable bonds is 9. The topological polar surface area (TPSA) is 111 Å². The number of thioether (sulfide) groups is 1. The molecule has 1 aliphatic rings. The minimum atomic E-state index is -0.484. The third-order valence-corrected chi connectivity index (χ3v) is 7.98. The fourth-order valence-electron chi connectivity index (χ4n) is 4.87. The summed E-state index contributed by atoms with van der Waals surface area (Å²) in [6.45, 7) is 0.261. The van der Waals surface area contributed by atoms with Crippen LogP contribution in [0.2, 0.25) is 0 Å². The number of anilines is 1. The van der Waals surface area contributed by atoms with Crippen LogP contribution < -0.4 is 10.6 Å². The van der Waals surface area contributed by atoms with Gasteiger partial charge in [0.25, 0.3) is 23.6 Å². The third-order valence-electron chi connectivity index (χ3n) is 7.00. The number of imide groups is 1. The van der Waals surface area contributed by atoms with Gasteiger partial charge in [-0.3, -0.25) is 24.1 Å². The Morgan fingerprint density at radius 3 is 2.28 bits per heavy atom. The molecular formula is C34H26N4O4S. The van der Waals surface area contributed by atoms with Crippen LogP contribution in [0.3, 0.4) is 0 Å². The van der Waals surface area contributed by atoms with Gasteiger partial charge in [-0.25, -0.2) is 0 Å². The van der Waals surface area contributed by atoms with Gasteiger partial charge < -0.3 is 15.6 Å². The number of para-hydroxylation sites is 1. The average Bonchev–Trinajstić information content (AvgIpc) is 3.55. The summed E-state index contributed by atoms with van der Waals surface area (Å²) in [5.74, 6) is -0.965. The van der Waals surface area contributed by atoms with E-state index in [1.54, 1.807) is 66.9 Å². The van der Waals surface area contributed by atoms with Crippen LogP contribution in [-0.4, -0.2) is 45.8 Å². The van der Waals surface area contributed by atoms with Crippen LogP contribution in [0.1, 0.15) is 36.6 Å². The van der Waals surface area contributed by atoms with Gasteiger partial charge in [0.05, 0.1) is 11.1 Å². The molecule has 4 amide bonds. The van der Waals surface area contributed by atoms with Crippen LogP contribution in [0.4, 0.5) is 5.69 Å². The number of carbonyl (C=O) groups is 4. The summed E-state index contributed by atoms with van der Waals surface area (Å²) < 4.78 is 0. The fourth-order valence-corrected chi connectivity index (χ4v) is 5.77. The third kappa shape index (κ3) is 5.98. The molecule has 8 nitrogen and oxygen atoms in total. The van der Waals surface area contributed by atoms with E-state index in [0.29, 0.717) is 28.1 Å². The molecule has 1 aromatic heterocycles. The molecule has 0 aliphatic carbocycles. The molecule has 0 saturated heterocycles. The summed E-state index contributed by atoms with van der Waals surface area (Å²) in [6.07, 6.45) is 3.44. The van der Waals surface area contributed by atoms with Gasteiger partial charge in [0.15, 0.2) is 0 Å². The normalized spacial score (nSPS) is 12.8. The first-order valence-corrected chi connectivity index (χ1v) is 14.6. The Morgan fingerprint density at radius 2 is 1.51 bits per heavy atom. The van der Waals surface area contributed by atoms with Gasteiger partial charge in [0, 0.05) is 51.1 Å². The number of amides is 4.